The fourth-order valence-electron chi connectivity index (χ4n) is 1.02. The Labute approximate surface area is 87.8 Å². The number of halogens is 2. The number of rotatable bonds is 4. The predicted molar refractivity (Wildman–Crippen MR) is 45.8 cm³/mol. The largest absolute Gasteiger partial charge is 0.464 e. The number of carbonyl (C=O) groups is 1. The summed E-state index contributed by atoms with van der Waals surface area (Å²) in [6, 6.07) is 0. The van der Waals surface area contributed by atoms with Crippen molar-refractivity contribution in [1.82, 2.24) is 9.55 Å². The molecule has 0 aliphatic carbocycles. The molecule has 0 amide bonds. The van der Waals surface area contributed by atoms with Crippen molar-refractivity contribution in [2.45, 2.75) is 12.5 Å². The van der Waals surface area contributed by atoms with Gasteiger partial charge in [-0.05, 0) is 4.92 Å². The van der Waals surface area contributed by atoms with Gasteiger partial charge in [0.15, 0.2) is 0 Å². The van der Waals surface area contributed by atoms with Crippen LogP contribution in [0.5, 0.6) is 0 Å². The summed E-state index contributed by atoms with van der Waals surface area (Å²) in [5.74, 6) is -6.35. The van der Waals surface area contributed by atoms with Crippen LogP contribution >= 0.6 is 0 Å². The van der Waals surface area contributed by atoms with E-state index in [1.54, 1.807) is 0 Å². The van der Waals surface area contributed by atoms with E-state index in [0.717, 1.165) is 19.5 Å². The fraction of sp³-hybridized carbons (Fsp3) is 0.429. The van der Waals surface area contributed by atoms with E-state index >= 15 is 0 Å². The van der Waals surface area contributed by atoms with Crippen molar-refractivity contribution in [1.29, 1.82) is 0 Å². The first-order valence-electron chi connectivity index (χ1n) is 4.00. The minimum atomic E-state index is -3.83. The number of ether oxygens (including phenoxy) is 1. The van der Waals surface area contributed by atoms with Crippen LogP contribution in [-0.4, -0.2) is 33.5 Å². The van der Waals surface area contributed by atoms with E-state index in [9.17, 15) is 23.7 Å². The zero-order chi connectivity index (χ0) is 12.3. The van der Waals surface area contributed by atoms with Crippen LogP contribution in [0.3, 0.4) is 0 Å². The van der Waals surface area contributed by atoms with Crippen LogP contribution in [-0.2, 0) is 16.1 Å². The second-order valence-corrected chi connectivity index (χ2v) is 2.81. The Morgan fingerprint density at radius 2 is 2.38 bits per heavy atom. The number of aromatic nitrogens is 2. The minimum absolute atomic E-state index is 0.566. The van der Waals surface area contributed by atoms with Crippen LogP contribution in [0.2, 0.25) is 0 Å². The highest BCUT2D eigenvalue weighted by Gasteiger charge is 2.43. The predicted octanol–water partition coefficient (Wildman–Crippen LogP) is 0.600. The maximum Gasteiger partial charge on any atom is 0.434 e. The van der Waals surface area contributed by atoms with Gasteiger partial charge in [-0.15, -0.1) is 0 Å². The molecule has 0 unspecified atom stereocenters. The Hall–Kier alpha value is -2.06. The Morgan fingerprint density at radius 1 is 1.75 bits per heavy atom. The average molecular weight is 235 g/mol. The molecule has 1 aromatic rings. The maximum atomic E-state index is 13.1. The van der Waals surface area contributed by atoms with Gasteiger partial charge in [0.1, 0.15) is 18.9 Å². The van der Waals surface area contributed by atoms with Crippen LogP contribution < -0.4 is 0 Å². The van der Waals surface area contributed by atoms with E-state index in [4.69, 9.17) is 0 Å². The summed E-state index contributed by atoms with van der Waals surface area (Å²) < 4.78 is 30.6. The van der Waals surface area contributed by atoms with Crippen LogP contribution in [0.1, 0.15) is 0 Å². The van der Waals surface area contributed by atoms with E-state index in [2.05, 4.69) is 9.72 Å². The molecule has 0 spiro atoms. The van der Waals surface area contributed by atoms with E-state index in [1.807, 2.05) is 0 Å². The van der Waals surface area contributed by atoms with Gasteiger partial charge in [0.05, 0.1) is 7.11 Å². The highest BCUT2D eigenvalue weighted by molar-refractivity contribution is 5.77. The van der Waals surface area contributed by atoms with Crippen molar-refractivity contribution < 1.29 is 23.2 Å². The van der Waals surface area contributed by atoms with Crippen molar-refractivity contribution in [3.05, 3.63) is 22.5 Å². The lowest BCUT2D eigenvalue weighted by Gasteiger charge is -2.12. The third-order valence-electron chi connectivity index (χ3n) is 1.71. The molecular formula is C7H7F2N3O4. The number of alkyl halides is 2. The second kappa shape index (κ2) is 4.21. The molecule has 0 bridgehead atoms. The highest BCUT2D eigenvalue weighted by atomic mass is 19.3. The zero-order valence-corrected chi connectivity index (χ0v) is 8.09. The van der Waals surface area contributed by atoms with E-state index in [-0.39, 0.29) is 0 Å². The number of carbonyl (C=O) groups excluding carboxylic acids is 1. The molecule has 1 heterocycles. The van der Waals surface area contributed by atoms with Gasteiger partial charge in [0.25, 0.3) is 0 Å². The minimum Gasteiger partial charge on any atom is -0.464 e. The summed E-state index contributed by atoms with van der Waals surface area (Å²) >= 11 is 0. The number of imidazole rings is 1. The number of hydrogen-bond donors (Lipinski definition) is 0. The van der Waals surface area contributed by atoms with Gasteiger partial charge in [-0.3, -0.25) is 0 Å². The summed E-state index contributed by atoms with van der Waals surface area (Å²) in [5, 5.41) is 10.4. The Bertz CT molecular complexity index is 418. The van der Waals surface area contributed by atoms with Crippen LogP contribution in [0.15, 0.2) is 12.4 Å². The molecule has 88 valence electrons. The zero-order valence-electron chi connectivity index (χ0n) is 8.09. The average Bonchev–Trinajstić information content (AvgIpc) is 2.63. The summed E-state index contributed by atoms with van der Waals surface area (Å²) in [4.78, 5) is 23.4. The molecule has 1 aromatic heterocycles. The molecule has 9 heteroatoms. The molecule has 0 aliphatic heterocycles. The third kappa shape index (κ3) is 2.30. The van der Waals surface area contributed by atoms with E-state index in [1.165, 1.54) is 0 Å². The molecule has 0 N–H and O–H groups in total. The van der Waals surface area contributed by atoms with Gasteiger partial charge in [-0.2, -0.15) is 8.78 Å². The normalized spacial score (nSPS) is 11.2. The van der Waals surface area contributed by atoms with Gasteiger partial charge in [-0.1, -0.05) is 4.98 Å². The van der Waals surface area contributed by atoms with Gasteiger partial charge >= 0.3 is 17.8 Å². The molecule has 0 atom stereocenters. The van der Waals surface area contributed by atoms with Gasteiger partial charge < -0.3 is 14.9 Å². The van der Waals surface area contributed by atoms with Crippen molar-refractivity contribution in [3.8, 4) is 0 Å². The molecule has 16 heavy (non-hydrogen) atoms. The number of methoxy groups -OCH3 is 1. The molecule has 1 rings (SSSR count). The lowest BCUT2D eigenvalue weighted by atomic mass is 10.3. The van der Waals surface area contributed by atoms with Crippen LogP contribution in [0, 0.1) is 10.1 Å². The summed E-state index contributed by atoms with van der Waals surface area (Å²) in [5.41, 5.74) is 0. The standard InChI is InChI=1S/C7H7F2N3O4/c1-16-5(13)7(8,9)4-11-3-2-10-6(11)12(14)15/h2-3H,4H2,1H3. The first kappa shape index (κ1) is 12.0. The van der Waals surface area contributed by atoms with Crippen LogP contribution in [0.4, 0.5) is 14.7 Å². The lowest BCUT2D eigenvalue weighted by molar-refractivity contribution is -0.397. The number of hydrogen-bond acceptors (Lipinski definition) is 5. The smallest absolute Gasteiger partial charge is 0.434 e. The molecule has 7 nitrogen and oxygen atoms in total. The molecule has 0 radical (unpaired) electrons. The number of nitrogens with zero attached hydrogens (tertiary/aromatic N) is 3. The number of nitro groups is 1. The van der Waals surface area contributed by atoms with E-state index in [0.29, 0.717) is 4.57 Å². The van der Waals surface area contributed by atoms with Crippen molar-refractivity contribution >= 4 is 11.9 Å². The number of esters is 1. The topological polar surface area (TPSA) is 87.3 Å². The Balaban J connectivity index is 2.92. The summed E-state index contributed by atoms with van der Waals surface area (Å²) in [7, 11) is 0.804. The van der Waals surface area contributed by atoms with Crippen molar-refractivity contribution in [2.75, 3.05) is 7.11 Å². The Morgan fingerprint density at radius 3 is 2.88 bits per heavy atom. The quantitative estimate of drug-likeness (QED) is 0.433. The maximum absolute atomic E-state index is 13.1. The molecule has 0 saturated carbocycles. The van der Waals surface area contributed by atoms with Crippen molar-refractivity contribution in [2.24, 2.45) is 0 Å². The molecule has 0 saturated heterocycles. The van der Waals surface area contributed by atoms with E-state index < -0.39 is 29.3 Å². The summed E-state index contributed by atoms with van der Waals surface area (Å²) in [6.45, 7) is -1.18. The first-order chi connectivity index (χ1) is 7.38. The highest BCUT2D eigenvalue weighted by Crippen LogP contribution is 2.20. The third-order valence-corrected chi connectivity index (χ3v) is 1.71. The first-order valence-corrected chi connectivity index (χ1v) is 4.00. The lowest BCUT2D eigenvalue weighted by Crippen LogP contribution is -2.34. The monoisotopic (exact) mass is 235 g/mol. The van der Waals surface area contributed by atoms with Gasteiger partial charge in [0.2, 0.25) is 0 Å². The SMILES string of the molecule is COC(=O)C(F)(F)Cn1ccnc1[N+](=O)[O-]. The second-order valence-electron chi connectivity index (χ2n) is 2.81. The van der Waals surface area contributed by atoms with Gasteiger partial charge in [0, 0.05) is 0 Å². The fourth-order valence-corrected chi connectivity index (χ4v) is 1.02. The molecule has 0 fully saturated rings. The van der Waals surface area contributed by atoms with Crippen LogP contribution in [0.25, 0.3) is 0 Å². The molecule has 0 aromatic carbocycles. The Kier molecular flexibility index (Phi) is 3.16. The molecule has 0 aliphatic rings. The molecular weight excluding hydrogens is 228 g/mol. The summed E-state index contributed by atoms with van der Waals surface area (Å²) in [6.07, 6.45) is 1.97. The van der Waals surface area contributed by atoms with Gasteiger partial charge in [-0.25, -0.2) is 9.36 Å². The van der Waals surface area contributed by atoms with Crippen molar-refractivity contribution in [3.63, 3.8) is 0 Å².